The molecule has 0 aromatic heterocycles. The molecule has 4 nitrogen and oxygen atoms in total. The predicted molar refractivity (Wildman–Crippen MR) is 102 cm³/mol. The predicted octanol–water partition coefficient (Wildman–Crippen LogP) is 2.41. The summed E-state index contributed by atoms with van der Waals surface area (Å²) in [5, 5.41) is 0. The number of nitrogens with two attached hydrogens (primary N) is 1. The van der Waals surface area contributed by atoms with Crippen LogP contribution in [0.2, 0.25) is 0 Å². The van der Waals surface area contributed by atoms with Crippen LogP contribution in [0.5, 0.6) is 5.75 Å². The number of rotatable bonds is 4. The number of methoxy groups -OCH3 is 1. The van der Waals surface area contributed by atoms with E-state index in [1.165, 1.54) is 6.07 Å². The average Bonchev–Trinajstić information content (AvgIpc) is 2.62. The first-order chi connectivity index (χ1) is 12.8. The number of nitrogens with zero attached hydrogens (tertiary/aromatic N) is 2. The molecule has 1 heterocycles. The van der Waals surface area contributed by atoms with Crippen molar-refractivity contribution >= 4 is 24.7 Å². The zero-order valence-corrected chi connectivity index (χ0v) is 15.1. The van der Waals surface area contributed by atoms with Gasteiger partial charge in [-0.3, -0.25) is 4.90 Å². The molecule has 8 heteroatoms. The molecule has 0 aliphatic carbocycles. The van der Waals surface area contributed by atoms with Gasteiger partial charge >= 0.3 is 6.18 Å². The van der Waals surface area contributed by atoms with Gasteiger partial charge in [-0.15, -0.1) is 0 Å². The minimum Gasteiger partial charge on any atom is -0.497 e. The summed E-state index contributed by atoms with van der Waals surface area (Å²) in [5.41, 5.74) is 6.67. The second-order valence-electron chi connectivity index (χ2n) is 6.61. The maximum Gasteiger partial charge on any atom is 0.418 e. The van der Waals surface area contributed by atoms with Gasteiger partial charge in [0.2, 0.25) is 0 Å². The number of hydrogen-bond acceptors (Lipinski definition) is 4. The van der Waals surface area contributed by atoms with Gasteiger partial charge in [0.25, 0.3) is 0 Å². The summed E-state index contributed by atoms with van der Waals surface area (Å²) in [7, 11) is 7.52. The highest BCUT2D eigenvalue weighted by Crippen LogP contribution is 2.36. The molecule has 3 rings (SSSR count). The minimum atomic E-state index is -4.45. The second kappa shape index (κ2) is 7.72. The van der Waals surface area contributed by atoms with Gasteiger partial charge in [-0.2, -0.15) is 13.2 Å². The summed E-state index contributed by atoms with van der Waals surface area (Å²) < 4.78 is 44.3. The molecule has 27 heavy (non-hydrogen) atoms. The largest absolute Gasteiger partial charge is 0.497 e. The Morgan fingerprint density at radius 3 is 2.37 bits per heavy atom. The molecule has 2 radical (unpaired) electrons. The Labute approximate surface area is 158 Å². The summed E-state index contributed by atoms with van der Waals surface area (Å²) in [5.74, 6) is 0.646. The third-order valence-electron chi connectivity index (χ3n) is 4.78. The van der Waals surface area contributed by atoms with E-state index in [1.807, 2.05) is 23.1 Å². The van der Waals surface area contributed by atoms with E-state index in [1.54, 1.807) is 13.2 Å². The van der Waals surface area contributed by atoms with Gasteiger partial charge < -0.3 is 15.4 Å². The van der Waals surface area contributed by atoms with Crippen LogP contribution in [0.15, 0.2) is 36.4 Å². The van der Waals surface area contributed by atoms with Crippen LogP contribution in [0.25, 0.3) is 0 Å². The fourth-order valence-electron chi connectivity index (χ4n) is 3.29. The Kier molecular flexibility index (Phi) is 5.55. The van der Waals surface area contributed by atoms with E-state index < -0.39 is 11.7 Å². The molecule has 0 atom stereocenters. The van der Waals surface area contributed by atoms with Gasteiger partial charge in [-0.1, -0.05) is 17.6 Å². The zero-order valence-electron chi connectivity index (χ0n) is 15.1. The number of piperazine rings is 1. The Morgan fingerprint density at radius 1 is 1.07 bits per heavy atom. The van der Waals surface area contributed by atoms with E-state index >= 15 is 0 Å². The van der Waals surface area contributed by atoms with Crippen molar-refractivity contribution < 1.29 is 17.9 Å². The third-order valence-corrected chi connectivity index (χ3v) is 4.78. The fraction of sp³-hybridized carbons (Fsp3) is 0.368. The van der Waals surface area contributed by atoms with Gasteiger partial charge in [0.15, 0.2) is 0 Å². The highest BCUT2D eigenvalue weighted by molar-refractivity contribution is 6.34. The van der Waals surface area contributed by atoms with Crippen LogP contribution in [0.1, 0.15) is 11.1 Å². The summed E-state index contributed by atoms with van der Waals surface area (Å²) in [6.45, 7) is 3.52. The van der Waals surface area contributed by atoms with E-state index in [4.69, 9.17) is 18.3 Å². The summed E-state index contributed by atoms with van der Waals surface area (Å²) >= 11 is 0. The molecule has 1 saturated heterocycles. The maximum atomic E-state index is 13.1. The number of anilines is 2. The molecular formula is C19H21BF3N3O. The molecule has 2 N–H and O–H groups in total. The summed E-state index contributed by atoms with van der Waals surface area (Å²) in [4.78, 5) is 4.20. The number of benzene rings is 2. The lowest BCUT2D eigenvalue weighted by molar-refractivity contribution is -0.136. The van der Waals surface area contributed by atoms with Crippen LogP contribution >= 0.6 is 0 Å². The van der Waals surface area contributed by atoms with Gasteiger partial charge in [-0.05, 0) is 29.8 Å². The van der Waals surface area contributed by atoms with Crippen molar-refractivity contribution in [2.75, 3.05) is 43.9 Å². The number of hydrogen-bond donors (Lipinski definition) is 1. The number of halogens is 3. The highest BCUT2D eigenvalue weighted by Gasteiger charge is 2.33. The molecule has 2 aromatic rings. The number of nitrogen functional groups attached to an aromatic ring is 1. The normalized spacial score (nSPS) is 15.8. The smallest absolute Gasteiger partial charge is 0.418 e. The van der Waals surface area contributed by atoms with Crippen molar-refractivity contribution in [2.24, 2.45) is 0 Å². The molecule has 1 aliphatic rings. The number of alkyl halides is 3. The molecule has 0 bridgehead atoms. The minimum absolute atomic E-state index is 0.248. The molecule has 0 saturated carbocycles. The quantitative estimate of drug-likeness (QED) is 0.659. The Hall–Kier alpha value is -2.35. The maximum absolute atomic E-state index is 13.1. The van der Waals surface area contributed by atoms with Crippen molar-refractivity contribution in [2.45, 2.75) is 12.7 Å². The Bertz CT molecular complexity index is 805. The van der Waals surface area contributed by atoms with E-state index in [0.717, 1.165) is 31.3 Å². The topological polar surface area (TPSA) is 41.7 Å². The molecular weight excluding hydrogens is 354 g/mol. The van der Waals surface area contributed by atoms with E-state index in [-0.39, 0.29) is 5.69 Å². The summed E-state index contributed by atoms with van der Waals surface area (Å²) in [6, 6.07) is 9.80. The van der Waals surface area contributed by atoms with Crippen LogP contribution in [0.3, 0.4) is 0 Å². The first kappa shape index (κ1) is 19.4. The molecule has 1 aliphatic heterocycles. The van der Waals surface area contributed by atoms with Crippen molar-refractivity contribution in [3.8, 4) is 5.75 Å². The van der Waals surface area contributed by atoms with Gasteiger partial charge in [0, 0.05) is 44.1 Å². The Balaban J connectivity index is 1.63. The SMILES string of the molecule is [B]c1cc(CN2CCN(c3ccc(N)c(C(F)(F)F)c3)CC2)ccc1OC. The first-order valence-corrected chi connectivity index (χ1v) is 8.64. The second-order valence-corrected chi connectivity index (χ2v) is 6.61. The van der Waals surface area contributed by atoms with Crippen LogP contribution in [0, 0.1) is 0 Å². The van der Waals surface area contributed by atoms with Crippen LogP contribution in [-0.2, 0) is 12.7 Å². The van der Waals surface area contributed by atoms with Crippen molar-refractivity contribution in [3.05, 3.63) is 47.5 Å². The first-order valence-electron chi connectivity index (χ1n) is 8.64. The highest BCUT2D eigenvalue weighted by atomic mass is 19.4. The zero-order chi connectivity index (χ0) is 19.6. The van der Waals surface area contributed by atoms with Crippen molar-refractivity contribution in [1.29, 1.82) is 0 Å². The fourth-order valence-corrected chi connectivity index (χ4v) is 3.29. The monoisotopic (exact) mass is 375 g/mol. The Morgan fingerprint density at radius 2 is 1.78 bits per heavy atom. The lowest BCUT2D eigenvalue weighted by Crippen LogP contribution is -2.46. The lowest BCUT2D eigenvalue weighted by atomic mass is 9.93. The molecule has 2 aromatic carbocycles. The van der Waals surface area contributed by atoms with Gasteiger partial charge in [0.1, 0.15) is 13.6 Å². The average molecular weight is 375 g/mol. The third kappa shape index (κ3) is 4.50. The summed E-state index contributed by atoms with van der Waals surface area (Å²) in [6.07, 6.45) is -4.45. The number of ether oxygens (including phenoxy) is 1. The molecule has 0 unspecified atom stereocenters. The van der Waals surface area contributed by atoms with Crippen molar-refractivity contribution in [1.82, 2.24) is 4.90 Å². The van der Waals surface area contributed by atoms with Gasteiger partial charge in [0.05, 0.1) is 12.7 Å². The lowest BCUT2D eigenvalue weighted by Gasteiger charge is -2.36. The molecule has 1 fully saturated rings. The van der Waals surface area contributed by atoms with Gasteiger partial charge in [-0.25, -0.2) is 0 Å². The van der Waals surface area contributed by atoms with Crippen LogP contribution in [-0.4, -0.2) is 46.0 Å². The van der Waals surface area contributed by atoms with E-state index in [2.05, 4.69) is 4.90 Å². The van der Waals surface area contributed by atoms with Crippen LogP contribution < -0.4 is 20.8 Å². The standard InChI is InChI=1S/C19H21BF3N3O/c1-27-18-5-2-13(10-16(18)20)12-25-6-8-26(9-7-25)14-3-4-17(24)15(11-14)19(21,22)23/h2-5,10-11H,6-9,12,24H2,1H3. The van der Waals surface area contributed by atoms with E-state index in [0.29, 0.717) is 30.0 Å². The molecule has 0 amide bonds. The van der Waals surface area contributed by atoms with E-state index in [9.17, 15) is 13.2 Å². The van der Waals surface area contributed by atoms with Crippen molar-refractivity contribution in [3.63, 3.8) is 0 Å². The molecule has 142 valence electrons. The molecule has 0 spiro atoms. The van der Waals surface area contributed by atoms with Crippen LogP contribution in [0.4, 0.5) is 24.5 Å².